The van der Waals surface area contributed by atoms with Gasteiger partial charge in [0.1, 0.15) is 18.2 Å². The van der Waals surface area contributed by atoms with E-state index in [-0.39, 0.29) is 24.6 Å². The maximum atomic E-state index is 12.9. The number of hydrogen-bond donors (Lipinski definition) is 2. The van der Waals surface area contributed by atoms with Crippen LogP contribution in [0.1, 0.15) is 12.8 Å². The Morgan fingerprint density at radius 1 is 1.45 bits per heavy atom. The van der Waals surface area contributed by atoms with Gasteiger partial charge in [0, 0.05) is 19.2 Å². The average molecular weight is 282 g/mol. The molecule has 1 aliphatic heterocycles. The van der Waals surface area contributed by atoms with Crippen molar-refractivity contribution in [3.8, 4) is 5.75 Å². The molecule has 1 fully saturated rings. The van der Waals surface area contributed by atoms with Gasteiger partial charge in [-0.3, -0.25) is 0 Å². The van der Waals surface area contributed by atoms with Crippen molar-refractivity contribution in [2.45, 2.75) is 18.9 Å². The first-order valence-corrected chi connectivity index (χ1v) is 6.76. The lowest BCUT2D eigenvalue weighted by Crippen LogP contribution is -2.41. The van der Waals surface area contributed by atoms with Crippen LogP contribution in [0.15, 0.2) is 24.3 Å². The molecule has 5 nitrogen and oxygen atoms in total. The Labute approximate surface area is 117 Å². The highest BCUT2D eigenvalue weighted by Gasteiger charge is 2.15. The number of urea groups is 1. The summed E-state index contributed by atoms with van der Waals surface area (Å²) in [4.78, 5) is 11.5. The summed E-state index contributed by atoms with van der Waals surface area (Å²) in [5.41, 5.74) is 0. The van der Waals surface area contributed by atoms with E-state index in [1.54, 1.807) is 12.1 Å². The van der Waals surface area contributed by atoms with Crippen LogP contribution >= 0.6 is 0 Å². The van der Waals surface area contributed by atoms with Gasteiger partial charge in [-0.2, -0.15) is 0 Å². The third-order valence-corrected chi connectivity index (χ3v) is 2.97. The molecule has 1 aromatic rings. The summed E-state index contributed by atoms with van der Waals surface area (Å²) in [5, 5.41) is 5.41. The van der Waals surface area contributed by atoms with E-state index in [9.17, 15) is 9.18 Å². The van der Waals surface area contributed by atoms with E-state index in [0.29, 0.717) is 18.8 Å². The summed E-state index contributed by atoms with van der Waals surface area (Å²) >= 11 is 0. The van der Waals surface area contributed by atoms with Crippen molar-refractivity contribution < 1.29 is 18.7 Å². The molecule has 2 amide bonds. The number of nitrogens with one attached hydrogen (secondary N) is 2. The third-order valence-electron chi connectivity index (χ3n) is 2.97. The van der Waals surface area contributed by atoms with Crippen LogP contribution in [0.2, 0.25) is 0 Å². The van der Waals surface area contributed by atoms with Crippen LogP contribution in [0.4, 0.5) is 9.18 Å². The summed E-state index contributed by atoms with van der Waals surface area (Å²) in [7, 11) is 0. The molecule has 1 saturated heterocycles. The van der Waals surface area contributed by atoms with Crippen molar-refractivity contribution in [3.63, 3.8) is 0 Å². The molecule has 1 heterocycles. The number of benzene rings is 1. The molecule has 0 saturated carbocycles. The summed E-state index contributed by atoms with van der Waals surface area (Å²) in [6, 6.07) is 5.65. The quantitative estimate of drug-likeness (QED) is 0.780. The number of ether oxygens (including phenoxy) is 2. The fourth-order valence-corrected chi connectivity index (χ4v) is 1.96. The fraction of sp³-hybridized carbons (Fsp3) is 0.500. The molecule has 110 valence electrons. The van der Waals surface area contributed by atoms with E-state index >= 15 is 0 Å². The molecule has 6 heteroatoms. The van der Waals surface area contributed by atoms with Gasteiger partial charge in [-0.25, -0.2) is 9.18 Å². The fourth-order valence-electron chi connectivity index (χ4n) is 1.96. The minimum absolute atomic E-state index is 0.129. The van der Waals surface area contributed by atoms with Gasteiger partial charge in [-0.05, 0) is 25.0 Å². The summed E-state index contributed by atoms with van der Waals surface area (Å²) in [6.45, 7) is 1.94. The van der Waals surface area contributed by atoms with Crippen LogP contribution in [0, 0.1) is 5.82 Å². The van der Waals surface area contributed by atoms with E-state index in [1.165, 1.54) is 12.1 Å². The molecule has 1 aromatic carbocycles. The Balaban J connectivity index is 1.55. The second-order valence-corrected chi connectivity index (χ2v) is 4.58. The van der Waals surface area contributed by atoms with Crippen LogP contribution in [0.25, 0.3) is 0 Å². The molecule has 1 aliphatic rings. The highest BCUT2D eigenvalue weighted by atomic mass is 19.1. The van der Waals surface area contributed by atoms with Crippen LogP contribution in [-0.4, -0.2) is 38.4 Å². The van der Waals surface area contributed by atoms with Crippen molar-refractivity contribution in [3.05, 3.63) is 30.1 Å². The topological polar surface area (TPSA) is 59.6 Å². The Morgan fingerprint density at radius 3 is 3.10 bits per heavy atom. The van der Waals surface area contributed by atoms with Gasteiger partial charge in [0.05, 0.1) is 12.6 Å². The molecule has 1 unspecified atom stereocenters. The molecule has 2 rings (SSSR count). The molecule has 1 atom stereocenters. The van der Waals surface area contributed by atoms with Gasteiger partial charge < -0.3 is 20.1 Å². The minimum atomic E-state index is -0.343. The number of hydrogen-bond acceptors (Lipinski definition) is 3. The maximum absolute atomic E-state index is 12.9. The van der Waals surface area contributed by atoms with E-state index in [0.717, 1.165) is 19.4 Å². The Morgan fingerprint density at radius 2 is 2.35 bits per heavy atom. The van der Waals surface area contributed by atoms with Crippen LogP contribution in [0.3, 0.4) is 0 Å². The predicted octanol–water partition coefficient (Wildman–Crippen LogP) is 1.68. The average Bonchev–Trinajstić information content (AvgIpc) is 2.95. The number of rotatable bonds is 6. The standard InChI is InChI=1S/C14H19FN2O3/c15-11-3-1-4-12(9-11)20-8-6-16-14(18)17-10-13-5-2-7-19-13/h1,3-4,9,13H,2,5-8,10H2,(H2,16,17,18). The zero-order chi connectivity index (χ0) is 14.2. The number of carbonyl (C=O) groups is 1. The van der Waals surface area contributed by atoms with Crippen molar-refractivity contribution >= 4 is 6.03 Å². The van der Waals surface area contributed by atoms with Crippen LogP contribution in [0.5, 0.6) is 5.75 Å². The van der Waals surface area contributed by atoms with Crippen molar-refractivity contribution in [2.24, 2.45) is 0 Å². The zero-order valence-corrected chi connectivity index (χ0v) is 11.2. The van der Waals surface area contributed by atoms with Crippen molar-refractivity contribution in [2.75, 3.05) is 26.3 Å². The second-order valence-electron chi connectivity index (χ2n) is 4.58. The Bertz CT molecular complexity index is 436. The van der Waals surface area contributed by atoms with E-state index in [4.69, 9.17) is 9.47 Å². The lowest BCUT2D eigenvalue weighted by molar-refractivity contribution is 0.111. The zero-order valence-electron chi connectivity index (χ0n) is 11.2. The smallest absolute Gasteiger partial charge is 0.315 e. The first kappa shape index (κ1) is 14.6. The minimum Gasteiger partial charge on any atom is -0.492 e. The first-order chi connectivity index (χ1) is 9.74. The van der Waals surface area contributed by atoms with Crippen molar-refractivity contribution in [1.29, 1.82) is 0 Å². The summed E-state index contributed by atoms with van der Waals surface area (Å²) in [6.07, 6.45) is 2.17. The molecular weight excluding hydrogens is 263 g/mol. The Kier molecular flexibility index (Phi) is 5.61. The van der Waals surface area contributed by atoms with Gasteiger partial charge in [0.25, 0.3) is 0 Å². The van der Waals surface area contributed by atoms with E-state index in [1.807, 2.05) is 0 Å². The molecule has 0 aromatic heterocycles. The number of amides is 2. The van der Waals surface area contributed by atoms with Crippen LogP contribution < -0.4 is 15.4 Å². The van der Waals surface area contributed by atoms with Crippen molar-refractivity contribution in [1.82, 2.24) is 10.6 Å². The number of carbonyl (C=O) groups excluding carboxylic acids is 1. The molecule has 0 aliphatic carbocycles. The maximum Gasteiger partial charge on any atom is 0.315 e. The van der Waals surface area contributed by atoms with Gasteiger partial charge in [-0.15, -0.1) is 0 Å². The van der Waals surface area contributed by atoms with Gasteiger partial charge in [-0.1, -0.05) is 6.07 Å². The Hall–Kier alpha value is -1.82. The van der Waals surface area contributed by atoms with E-state index in [2.05, 4.69) is 10.6 Å². The SMILES string of the molecule is O=C(NCCOc1cccc(F)c1)NCC1CCCO1. The monoisotopic (exact) mass is 282 g/mol. The highest BCUT2D eigenvalue weighted by Crippen LogP contribution is 2.11. The van der Waals surface area contributed by atoms with Gasteiger partial charge in [0.15, 0.2) is 0 Å². The predicted molar refractivity (Wildman–Crippen MR) is 72.3 cm³/mol. The molecular formula is C14H19FN2O3. The molecule has 20 heavy (non-hydrogen) atoms. The molecule has 2 N–H and O–H groups in total. The molecule has 0 radical (unpaired) electrons. The summed E-state index contributed by atoms with van der Waals surface area (Å²) in [5.74, 6) is 0.108. The highest BCUT2D eigenvalue weighted by molar-refractivity contribution is 5.73. The van der Waals surface area contributed by atoms with Gasteiger partial charge >= 0.3 is 6.03 Å². The lowest BCUT2D eigenvalue weighted by Gasteiger charge is -2.12. The lowest BCUT2D eigenvalue weighted by atomic mass is 10.2. The molecule has 0 bridgehead atoms. The first-order valence-electron chi connectivity index (χ1n) is 6.76. The largest absolute Gasteiger partial charge is 0.492 e. The number of halogens is 1. The normalized spacial score (nSPS) is 17.8. The summed E-state index contributed by atoms with van der Waals surface area (Å²) < 4.78 is 23.6. The molecule has 0 spiro atoms. The van der Waals surface area contributed by atoms with Gasteiger partial charge in [0.2, 0.25) is 0 Å². The van der Waals surface area contributed by atoms with E-state index < -0.39 is 0 Å². The van der Waals surface area contributed by atoms with Crippen LogP contribution in [-0.2, 0) is 4.74 Å². The third kappa shape index (κ3) is 5.05. The second kappa shape index (κ2) is 7.69.